The largest absolute Gasteiger partial charge is 0.198 e. The first kappa shape index (κ1) is 10.7. The Labute approximate surface area is 68.3 Å². The lowest BCUT2D eigenvalue weighted by Gasteiger charge is -2.23. The van der Waals surface area contributed by atoms with E-state index in [0.29, 0.717) is 6.42 Å². The first-order valence-electron chi connectivity index (χ1n) is 3.44. The number of hydrogen-bond donors (Lipinski definition) is 0. The molecule has 0 aliphatic carbocycles. The van der Waals surface area contributed by atoms with Gasteiger partial charge in [0.1, 0.15) is 0 Å². The Morgan fingerprint density at radius 3 is 2.18 bits per heavy atom. The third kappa shape index (κ3) is 4.20. The molecule has 0 aliphatic heterocycles. The molecular formula is C7H13F2NS. The van der Waals surface area contributed by atoms with Crippen molar-refractivity contribution in [1.29, 1.82) is 5.26 Å². The summed E-state index contributed by atoms with van der Waals surface area (Å²) in [6, 6.07) is 1.95. The van der Waals surface area contributed by atoms with E-state index in [0.717, 1.165) is 6.26 Å². The maximum absolute atomic E-state index is 12.6. The van der Waals surface area contributed by atoms with E-state index in [1.165, 1.54) is 6.92 Å². The summed E-state index contributed by atoms with van der Waals surface area (Å²) >= 11 is 0. The van der Waals surface area contributed by atoms with E-state index in [9.17, 15) is 7.77 Å². The lowest BCUT2D eigenvalue weighted by Crippen LogP contribution is -2.09. The minimum absolute atomic E-state index is 0.261. The molecule has 0 amide bonds. The molecule has 0 N–H and O–H groups in total. The molecule has 0 aromatic rings. The number of nitrogens with zero attached hydrogens (tertiary/aromatic N) is 1. The van der Waals surface area contributed by atoms with Gasteiger partial charge in [-0.2, -0.15) is 13.0 Å². The van der Waals surface area contributed by atoms with Crippen LogP contribution in [0.5, 0.6) is 0 Å². The summed E-state index contributed by atoms with van der Waals surface area (Å²) in [4.78, 5) is 0. The van der Waals surface area contributed by atoms with Crippen LogP contribution in [0.25, 0.3) is 0 Å². The van der Waals surface area contributed by atoms with Crippen LogP contribution >= 0.6 is 10.8 Å². The summed E-state index contributed by atoms with van der Waals surface area (Å²) in [6.45, 7) is 3.17. The van der Waals surface area contributed by atoms with Crippen LogP contribution in [-0.4, -0.2) is 11.5 Å². The topological polar surface area (TPSA) is 23.8 Å². The van der Waals surface area contributed by atoms with E-state index in [1.54, 1.807) is 6.92 Å². The Morgan fingerprint density at radius 2 is 1.91 bits per heavy atom. The molecule has 0 aliphatic rings. The van der Waals surface area contributed by atoms with E-state index in [1.807, 2.05) is 6.07 Å². The summed E-state index contributed by atoms with van der Waals surface area (Å²) in [5, 5.41) is 7.74. The molecule has 0 spiro atoms. The quantitative estimate of drug-likeness (QED) is 0.656. The van der Waals surface area contributed by atoms with Crippen molar-refractivity contribution >= 4 is 10.8 Å². The molecule has 2 unspecified atom stereocenters. The third-order valence-electron chi connectivity index (χ3n) is 1.61. The van der Waals surface area contributed by atoms with E-state index >= 15 is 0 Å². The lowest BCUT2D eigenvalue weighted by molar-refractivity contribution is 0.614. The van der Waals surface area contributed by atoms with E-state index < -0.39 is 16.0 Å². The molecule has 0 aromatic carbocycles. The molecule has 0 heterocycles. The highest BCUT2D eigenvalue weighted by Gasteiger charge is 2.25. The maximum atomic E-state index is 12.6. The van der Waals surface area contributed by atoms with Crippen molar-refractivity contribution in [3.63, 3.8) is 0 Å². The second-order valence-corrected chi connectivity index (χ2v) is 5.22. The molecule has 2 atom stereocenters. The zero-order valence-electron chi connectivity index (χ0n) is 6.97. The van der Waals surface area contributed by atoms with Crippen molar-refractivity contribution in [2.75, 3.05) is 6.26 Å². The van der Waals surface area contributed by atoms with Gasteiger partial charge >= 0.3 is 0 Å². The van der Waals surface area contributed by atoms with Gasteiger partial charge in [-0.25, -0.2) is 0 Å². The summed E-state index contributed by atoms with van der Waals surface area (Å²) in [7, 11) is -3.46. The number of hydrogen-bond acceptors (Lipinski definition) is 1. The Kier molecular flexibility index (Phi) is 3.81. The van der Waals surface area contributed by atoms with E-state index in [2.05, 4.69) is 0 Å². The SMILES string of the molecule is CC(C#N)CC(C)S(C)(F)F. The minimum Gasteiger partial charge on any atom is -0.198 e. The molecular weight excluding hydrogens is 168 g/mol. The van der Waals surface area contributed by atoms with Crippen LogP contribution in [0.4, 0.5) is 7.77 Å². The van der Waals surface area contributed by atoms with Crippen LogP contribution in [0, 0.1) is 17.2 Å². The standard InChI is InChI=1S/C7H13F2NS/c1-6(5-10)4-7(2)11(3,8)9/h6-7H,4H2,1-3H3. The second-order valence-electron chi connectivity index (χ2n) is 2.86. The fraction of sp³-hybridized carbons (Fsp3) is 0.857. The summed E-state index contributed by atoms with van der Waals surface area (Å²) in [6.07, 6.45) is 1.27. The van der Waals surface area contributed by atoms with Crippen LogP contribution in [0.15, 0.2) is 0 Å². The molecule has 0 saturated carbocycles. The highest BCUT2D eigenvalue weighted by atomic mass is 32.3. The van der Waals surface area contributed by atoms with E-state index in [-0.39, 0.29) is 5.92 Å². The van der Waals surface area contributed by atoms with Crippen molar-refractivity contribution in [2.45, 2.75) is 25.5 Å². The predicted octanol–water partition coefficient (Wildman–Crippen LogP) is 3.13. The van der Waals surface area contributed by atoms with Gasteiger partial charge in [-0.1, -0.05) is 6.92 Å². The van der Waals surface area contributed by atoms with Gasteiger partial charge in [0.25, 0.3) is 0 Å². The average molecular weight is 181 g/mol. The fourth-order valence-corrected chi connectivity index (χ4v) is 1.35. The number of nitriles is 1. The van der Waals surface area contributed by atoms with Gasteiger partial charge in [0, 0.05) is 17.4 Å². The normalized spacial score (nSPS) is 18.5. The highest BCUT2D eigenvalue weighted by Crippen LogP contribution is 2.53. The Hall–Kier alpha value is -0.300. The molecule has 0 saturated heterocycles. The van der Waals surface area contributed by atoms with Gasteiger partial charge in [0.15, 0.2) is 0 Å². The Balaban J connectivity index is 3.90. The lowest BCUT2D eigenvalue weighted by atomic mass is 10.1. The minimum atomic E-state index is -3.46. The van der Waals surface area contributed by atoms with Crippen molar-refractivity contribution in [3.8, 4) is 6.07 Å². The molecule has 4 heteroatoms. The first-order chi connectivity index (χ1) is 4.88. The van der Waals surface area contributed by atoms with Gasteiger partial charge in [-0.05, 0) is 13.3 Å². The van der Waals surface area contributed by atoms with Crippen LogP contribution in [0.2, 0.25) is 0 Å². The summed E-state index contributed by atoms with van der Waals surface area (Å²) in [5.74, 6) is -0.261. The summed E-state index contributed by atoms with van der Waals surface area (Å²) < 4.78 is 25.2. The molecule has 11 heavy (non-hydrogen) atoms. The molecule has 66 valence electrons. The number of rotatable bonds is 3. The van der Waals surface area contributed by atoms with Gasteiger partial charge in [-0.15, -0.1) is 0 Å². The molecule has 0 fully saturated rings. The molecule has 0 bridgehead atoms. The maximum Gasteiger partial charge on any atom is 0.0653 e. The Morgan fingerprint density at radius 1 is 1.45 bits per heavy atom. The van der Waals surface area contributed by atoms with Crippen LogP contribution < -0.4 is 0 Å². The van der Waals surface area contributed by atoms with Crippen molar-refractivity contribution in [1.82, 2.24) is 0 Å². The van der Waals surface area contributed by atoms with Crippen molar-refractivity contribution in [3.05, 3.63) is 0 Å². The van der Waals surface area contributed by atoms with Gasteiger partial charge < -0.3 is 0 Å². The fourth-order valence-electron chi connectivity index (χ4n) is 0.720. The van der Waals surface area contributed by atoms with Gasteiger partial charge in [-0.3, -0.25) is 0 Å². The predicted molar refractivity (Wildman–Crippen MR) is 44.6 cm³/mol. The van der Waals surface area contributed by atoms with Gasteiger partial charge in [0.2, 0.25) is 0 Å². The van der Waals surface area contributed by atoms with Crippen LogP contribution in [0.3, 0.4) is 0 Å². The molecule has 0 radical (unpaired) electrons. The molecule has 0 aromatic heterocycles. The molecule has 0 rings (SSSR count). The Bertz CT molecular complexity index is 159. The second kappa shape index (κ2) is 3.91. The van der Waals surface area contributed by atoms with Gasteiger partial charge in [0.05, 0.1) is 16.9 Å². The van der Waals surface area contributed by atoms with Crippen LogP contribution in [-0.2, 0) is 0 Å². The number of halogens is 2. The smallest absolute Gasteiger partial charge is 0.0653 e. The van der Waals surface area contributed by atoms with Crippen LogP contribution in [0.1, 0.15) is 20.3 Å². The third-order valence-corrected chi connectivity index (χ3v) is 3.22. The average Bonchev–Trinajstić information content (AvgIpc) is 1.85. The summed E-state index contributed by atoms with van der Waals surface area (Å²) in [5.41, 5.74) is 0. The first-order valence-corrected chi connectivity index (χ1v) is 5.34. The van der Waals surface area contributed by atoms with Crippen molar-refractivity contribution < 1.29 is 7.77 Å². The molecule has 1 nitrogen and oxygen atoms in total. The van der Waals surface area contributed by atoms with Crippen molar-refractivity contribution in [2.24, 2.45) is 5.92 Å². The monoisotopic (exact) mass is 181 g/mol. The zero-order valence-corrected chi connectivity index (χ0v) is 7.79. The highest BCUT2D eigenvalue weighted by molar-refractivity contribution is 8.25. The zero-order chi connectivity index (χ0) is 9.07. The van der Waals surface area contributed by atoms with E-state index in [4.69, 9.17) is 5.26 Å².